The lowest BCUT2D eigenvalue weighted by atomic mass is 10.1. The van der Waals surface area contributed by atoms with Crippen LogP contribution in [0.5, 0.6) is 5.75 Å². The van der Waals surface area contributed by atoms with E-state index in [0.29, 0.717) is 18.7 Å². The zero-order chi connectivity index (χ0) is 15.4. The molecule has 2 aromatic rings. The van der Waals surface area contributed by atoms with Crippen LogP contribution in [0.4, 0.5) is 5.82 Å². The van der Waals surface area contributed by atoms with Crippen LogP contribution in [0.15, 0.2) is 22.7 Å². The van der Waals surface area contributed by atoms with Crippen molar-refractivity contribution in [2.45, 2.75) is 26.7 Å². The normalized spacial score (nSPS) is 10.5. The van der Waals surface area contributed by atoms with Crippen molar-refractivity contribution in [2.75, 3.05) is 12.4 Å². The van der Waals surface area contributed by atoms with Crippen LogP contribution in [0.3, 0.4) is 0 Å². The number of halogens is 1. The molecule has 2 rings (SSSR count). The number of aryl methyl sites for hydroxylation is 2. The number of carbonyl (C=O) groups excluding carboxylic acids is 1. The predicted octanol–water partition coefficient (Wildman–Crippen LogP) is 3.37. The first kappa shape index (κ1) is 15.6. The highest BCUT2D eigenvalue weighted by atomic mass is 79.9. The Morgan fingerprint density at radius 1 is 1.43 bits per heavy atom. The first-order valence-corrected chi connectivity index (χ1v) is 7.44. The monoisotopic (exact) mass is 351 g/mol. The second kappa shape index (κ2) is 6.76. The second-order valence-electron chi connectivity index (χ2n) is 4.84. The summed E-state index contributed by atoms with van der Waals surface area (Å²) < 4.78 is 6.07. The van der Waals surface area contributed by atoms with Crippen molar-refractivity contribution in [1.29, 1.82) is 0 Å². The van der Waals surface area contributed by atoms with E-state index in [1.54, 1.807) is 7.11 Å². The SMILES string of the molecule is COc1ccc(CCC(=O)Nc2n[nH]c(C)c2C)cc1Br. The van der Waals surface area contributed by atoms with Crippen LogP contribution in [0.2, 0.25) is 0 Å². The minimum Gasteiger partial charge on any atom is -0.496 e. The smallest absolute Gasteiger partial charge is 0.225 e. The molecule has 0 aliphatic heterocycles. The van der Waals surface area contributed by atoms with E-state index in [9.17, 15) is 4.79 Å². The van der Waals surface area contributed by atoms with Crippen molar-refractivity contribution in [3.05, 3.63) is 39.5 Å². The summed E-state index contributed by atoms with van der Waals surface area (Å²) in [5.41, 5.74) is 3.01. The number of H-pyrrole nitrogens is 1. The Hall–Kier alpha value is -1.82. The number of ether oxygens (including phenoxy) is 1. The first-order valence-electron chi connectivity index (χ1n) is 6.65. The summed E-state index contributed by atoms with van der Waals surface area (Å²) in [6.07, 6.45) is 1.07. The average Bonchev–Trinajstić information content (AvgIpc) is 2.77. The molecule has 1 aromatic carbocycles. The molecule has 0 saturated heterocycles. The summed E-state index contributed by atoms with van der Waals surface area (Å²) in [5, 5.41) is 9.74. The highest BCUT2D eigenvalue weighted by molar-refractivity contribution is 9.10. The number of amides is 1. The molecular formula is C15H18BrN3O2. The lowest BCUT2D eigenvalue weighted by molar-refractivity contribution is -0.116. The molecule has 0 saturated carbocycles. The highest BCUT2D eigenvalue weighted by Gasteiger charge is 2.10. The second-order valence-corrected chi connectivity index (χ2v) is 5.69. The maximum Gasteiger partial charge on any atom is 0.225 e. The maximum absolute atomic E-state index is 12.0. The number of benzene rings is 1. The number of aromatic amines is 1. The minimum absolute atomic E-state index is 0.0449. The molecular weight excluding hydrogens is 334 g/mol. The van der Waals surface area contributed by atoms with Gasteiger partial charge in [-0.1, -0.05) is 6.07 Å². The number of hydrogen-bond acceptors (Lipinski definition) is 3. The molecule has 112 valence electrons. The summed E-state index contributed by atoms with van der Waals surface area (Å²) in [5.74, 6) is 1.34. The van der Waals surface area contributed by atoms with Gasteiger partial charge in [0.2, 0.25) is 5.91 Å². The van der Waals surface area contributed by atoms with Crippen LogP contribution in [-0.2, 0) is 11.2 Å². The Balaban J connectivity index is 1.92. The molecule has 0 unspecified atom stereocenters. The standard InChI is InChI=1S/C15H18BrN3O2/c1-9-10(2)18-19-15(9)17-14(20)7-5-11-4-6-13(21-3)12(16)8-11/h4,6,8H,5,7H2,1-3H3,(H2,17,18,19,20). The zero-order valence-electron chi connectivity index (χ0n) is 12.3. The quantitative estimate of drug-likeness (QED) is 0.867. The lowest BCUT2D eigenvalue weighted by Crippen LogP contribution is -2.13. The third kappa shape index (κ3) is 3.85. The summed E-state index contributed by atoms with van der Waals surface area (Å²) in [4.78, 5) is 12.0. The molecule has 1 aromatic heterocycles. The average molecular weight is 352 g/mol. The molecule has 6 heteroatoms. The van der Waals surface area contributed by atoms with Crippen molar-refractivity contribution >= 4 is 27.7 Å². The van der Waals surface area contributed by atoms with Crippen LogP contribution < -0.4 is 10.1 Å². The Labute approximate surface area is 132 Å². The van der Waals surface area contributed by atoms with Gasteiger partial charge in [-0.3, -0.25) is 9.89 Å². The van der Waals surface area contributed by atoms with Gasteiger partial charge in [-0.05, 0) is 53.9 Å². The number of hydrogen-bond donors (Lipinski definition) is 2. The highest BCUT2D eigenvalue weighted by Crippen LogP contribution is 2.26. The molecule has 2 N–H and O–H groups in total. The predicted molar refractivity (Wildman–Crippen MR) is 85.7 cm³/mol. The van der Waals surface area contributed by atoms with Gasteiger partial charge in [0.1, 0.15) is 5.75 Å². The summed E-state index contributed by atoms with van der Waals surface area (Å²) in [6.45, 7) is 3.85. The number of methoxy groups -OCH3 is 1. The summed E-state index contributed by atoms with van der Waals surface area (Å²) in [7, 11) is 1.63. The summed E-state index contributed by atoms with van der Waals surface area (Å²) >= 11 is 3.44. The third-order valence-corrected chi connectivity index (χ3v) is 3.99. The van der Waals surface area contributed by atoms with Crippen molar-refractivity contribution in [2.24, 2.45) is 0 Å². The molecule has 0 aliphatic carbocycles. The Morgan fingerprint density at radius 3 is 2.76 bits per heavy atom. The topological polar surface area (TPSA) is 67.0 Å². The van der Waals surface area contributed by atoms with Gasteiger partial charge < -0.3 is 10.1 Å². The van der Waals surface area contributed by atoms with Crippen molar-refractivity contribution in [3.63, 3.8) is 0 Å². The van der Waals surface area contributed by atoms with E-state index in [1.165, 1.54) is 0 Å². The van der Waals surface area contributed by atoms with E-state index in [-0.39, 0.29) is 5.91 Å². The fourth-order valence-electron chi connectivity index (χ4n) is 1.92. The fourth-order valence-corrected chi connectivity index (χ4v) is 2.51. The van der Waals surface area contributed by atoms with Gasteiger partial charge in [-0.25, -0.2) is 0 Å². The third-order valence-electron chi connectivity index (χ3n) is 3.37. The number of anilines is 1. The maximum atomic E-state index is 12.0. The number of aromatic nitrogens is 2. The van der Waals surface area contributed by atoms with Gasteiger partial charge in [0, 0.05) is 17.7 Å². The Morgan fingerprint density at radius 2 is 2.19 bits per heavy atom. The van der Waals surface area contributed by atoms with E-state index in [4.69, 9.17) is 4.74 Å². The molecule has 1 heterocycles. The van der Waals surface area contributed by atoms with Crippen molar-refractivity contribution in [1.82, 2.24) is 10.2 Å². The fraction of sp³-hybridized carbons (Fsp3) is 0.333. The van der Waals surface area contributed by atoms with Crippen LogP contribution in [-0.4, -0.2) is 23.2 Å². The van der Waals surface area contributed by atoms with Crippen LogP contribution in [0.1, 0.15) is 23.2 Å². The van der Waals surface area contributed by atoms with E-state index >= 15 is 0 Å². The van der Waals surface area contributed by atoms with Crippen LogP contribution in [0.25, 0.3) is 0 Å². The van der Waals surface area contributed by atoms with Crippen LogP contribution >= 0.6 is 15.9 Å². The van der Waals surface area contributed by atoms with Gasteiger partial charge in [0.25, 0.3) is 0 Å². The molecule has 0 aliphatic rings. The van der Waals surface area contributed by atoms with Gasteiger partial charge in [-0.2, -0.15) is 5.10 Å². The van der Waals surface area contributed by atoms with E-state index in [2.05, 4.69) is 31.4 Å². The molecule has 0 radical (unpaired) electrons. The number of carbonyl (C=O) groups is 1. The molecule has 0 bridgehead atoms. The van der Waals surface area contributed by atoms with E-state index in [0.717, 1.165) is 27.0 Å². The Kier molecular flexibility index (Phi) is 5.01. The first-order chi connectivity index (χ1) is 10.0. The van der Waals surface area contributed by atoms with Crippen molar-refractivity contribution < 1.29 is 9.53 Å². The number of rotatable bonds is 5. The van der Waals surface area contributed by atoms with E-state index in [1.807, 2.05) is 32.0 Å². The molecule has 5 nitrogen and oxygen atoms in total. The zero-order valence-corrected chi connectivity index (χ0v) is 13.9. The molecule has 21 heavy (non-hydrogen) atoms. The molecule has 0 atom stereocenters. The lowest BCUT2D eigenvalue weighted by Gasteiger charge is -2.07. The number of nitrogens with one attached hydrogen (secondary N) is 2. The molecule has 0 spiro atoms. The van der Waals surface area contributed by atoms with E-state index < -0.39 is 0 Å². The van der Waals surface area contributed by atoms with Gasteiger partial charge in [0.05, 0.1) is 11.6 Å². The van der Waals surface area contributed by atoms with Gasteiger partial charge in [0.15, 0.2) is 5.82 Å². The van der Waals surface area contributed by atoms with Crippen molar-refractivity contribution in [3.8, 4) is 5.75 Å². The Bertz CT molecular complexity index is 652. The molecule has 1 amide bonds. The van der Waals surface area contributed by atoms with Crippen LogP contribution in [0, 0.1) is 13.8 Å². The number of nitrogens with zero attached hydrogens (tertiary/aromatic N) is 1. The molecule has 0 fully saturated rings. The van der Waals surface area contributed by atoms with Gasteiger partial charge >= 0.3 is 0 Å². The minimum atomic E-state index is -0.0449. The largest absolute Gasteiger partial charge is 0.496 e. The van der Waals surface area contributed by atoms with Gasteiger partial charge in [-0.15, -0.1) is 0 Å². The summed E-state index contributed by atoms with van der Waals surface area (Å²) in [6, 6.07) is 5.81.